The summed E-state index contributed by atoms with van der Waals surface area (Å²) < 4.78 is 0. The van der Waals surface area contributed by atoms with E-state index in [0.29, 0.717) is 24.2 Å². The van der Waals surface area contributed by atoms with Crippen LogP contribution in [0.3, 0.4) is 0 Å². The number of aliphatic hydroxyl groups is 2. The van der Waals surface area contributed by atoms with E-state index in [-0.39, 0.29) is 22.7 Å². The molecule has 4 rings (SSSR count). The number of hydrogen-bond donors (Lipinski definition) is 2. The standard InChI is InChI=1S/C19H28O3/c1-18-8-7-12(20)9-11(18)3-4-13-14-5-6-16(21)19(14,2)17(22)10-15(13)18/h9,13-17,21-22H,3-8,10H2,1-2H3/t13-,14-,15-,16-,17+,18-,19-/m0/s1. The van der Waals surface area contributed by atoms with E-state index in [1.165, 1.54) is 5.57 Å². The first-order valence-corrected chi connectivity index (χ1v) is 8.97. The van der Waals surface area contributed by atoms with Gasteiger partial charge in [-0.15, -0.1) is 0 Å². The number of ketones is 1. The van der Waals surface area contributed by atoms with E-state index >= 15 is 0 Å². The predicted molar refractivity (Wildman–Crippen MR) is 84.1 cm³/mol. The van der Waals surface area contributed by atoms with E-state index in [4.69, 9.17) is 0 Å². The highest BCUT2D eigenvalue weighted by Gasteiger charge is 2.62. The molecule has 0 aromatic heterocycles. The minimum atomic E-state index is -0.412. The summed E-state index contributed by atoms with van der Waals surface area (Å²) in [4.78, 5) is 11.8. The molecule has 2 N–H and O–H groups in total. The molecule has 0 amide bonds. The largest absolute Gasteiger partial charge is 0.392 e. The minimum absolute atomic E-state index is 0.0900. The smallest absolute Gasteiger partial charge is 0.155 e. The molecule has 7 atom stereocenters. The molecule has 4 aliphatic carbocycles. The fourth-order valence-electron chi connectivity index (χ4n) is 6.51. The fourth-order valence-corrected chi connectivity index (χ4v) is 6.51. The summed E-state index contributed by atoms with van der Waals surface area (Å²) in [5, 5.41) is 21.3. The molecule has 4 aliphatic rings. The lowest BCUT2D eigenvalue weighted by Gasteiger charge is -2.59. The van der Waals surface area contributed by atoms with Gasteiger partial charge >= 0.3 is 0 Å². The Morgan fingerprint density at radius 2 is 1.82 bits per heavy atom. The van der Waals surface area contributed by atoms with Crippen LogP contribution < -0.4 is 0 Å². The van der Waals surface area contributed by atoms with Crippen molar-refractivity contribution in [3.63, 3.8) is 0 Å². The Balaban J connectivity index is 1.73. The first-order valence-electron chi connectivity index (χ1n) is 8.97. The molecular formula is C19H28O3. The molecule has 0 aromatic rings. The zero-order chi connectivity index (χ0) is 15.7. The summed E-state index contributed by atoms with van der Waals surface area (Å²) in [7, 11) is 0. The van der Waals surface area contributed by atoms with Gasteiger partial charge < -0.3 is 10.2 Å². The summed E-state index contributed by atoms with van der Waals surface area (Å²) in [6.45, 7) is 4.43. The van der Waals surface area contributed by atoms with Gasteiger partial charge in [0.05, 0.1) is 12.2 Å². The molecule has 0 aromatic carbocycles. The summed E-state index contributed by atoms with van der Waals surface area (Å²) in [6, 6.07) is 0. The number of rotatable bonds is 0. The first kappa shape index (κ1) is 14.9. The first-order chi connectivity index (χ1) is 10.4. The van der Waals surface area contributed by atoms with Crippen LogP contribution in [-0.2, 0) is 4.79 Å². The Morgan fingerprint density at radius 3 is 2.59 bits per heavy atom. The van der Waals surface area contributed by atoms with Crippen molar-refractivity contribution in [1.29, 1.82) is 0 Å². The lowest BCUT2D eigenvalue weighted by Crippen LogP contribution is -2.57. The zero-order valence-corrected chi connectivity index (χ0v) is 13.7. The van der Waals surface area contributed by atoms with E-state index in [0.717, 1.165) is 38.5 Å². The van der Waals surface area contributed by atoms with E-state index in [9.17, 15) is 15.0 Å². The average Bonchev–Trinajstić information content (AvgIpc) is 2.79. The molecule has 0 heterocycles. The van der Waals surface area contributed by atoms with Crippen LogP contribution in [0.2, 0.25) is 0 Å². The number of hydrogen-bond acceptors (Lipinski definition) is 3. The quantitative estimate of drug-likeness (QED) is 0.723. The second-order valence-electron chi connectivity index (χ2n) is 8.68. The fraction of sp³-hybridized carbons (Fsp3) is 0.842. The highest BCUT2D eigenvalue weighted by molar-refractivity contribution is 5.91. The van der Waals surface area contributed by atoms with Gasteiger partial charge in [-0.25, -0.2) is 0 Å². The van der Waals surface area contributed by atoms with Crippen molar-refractivity contribution in [3.05, 3.63) is 11.6 Å². The molecule has 0 radical (unpaired) electrons. The number of allylic oxidation sites excluding steroid dienone is 1. The second kappa shape index (κ2) is 4.67. The maximum atomic E-state index is 11.8. The maximum absolute atomic E-state index is 11.8. The van der Waals surface area contributed by atoms with Gasteiger partial charge in [0.1, 0.15) is 0 Å². The Morgan fingerprint density at radius 1 is 1.05 bits per heavy atom. The van der Waals surface area contributed by atoms with E-state index in [2.05, 4.69) is 13.8 Å². The van der Waals surface area contributed by atoms with Crippen LogP contribution in [0.1, 0.15) is 58.8 Å². The number of carbonyl (C=O) groups excluding carboxylic acids is 1. The van der Waals surface area contributed by atoms with Gasteiger partial charge in [0, 0.05) is 11.8 Å². The van der Waals surface area contributed by atoms with Crippen LogP contribution in [0.4, 0.5) is 0 Å². The van der Waals surface area contributed by atoms with E-state index in [1.54, 1.807) is 0 Å². The topological polar surface area (TPSA) is 57.5 Å². The van der Waals surface area contributed by atoms with E-state index in [1.807, 2.05) is 6.08 Å². The van der Waals surface area contributed by atoms with Gasteiger partial charge in [-0.2, -0.15) is 0 Å². The number of carbonyl (C=O) groups is 1. The van der Waals surface area contributed by atoms with Crippen LogP contribution >= 0.6 is 0 Å². The van der Waals surface area contributed by atoms with Gasteiger partial charge in [-0.3, -0.25) is 4.79 Å². The normalized spacial score (nSPS) is 54.3. The summed E-state index contributed by atoms with van der Waals surface area (Å²) in [6.07, 6.45) is 7.56. The highest BCUT2D eigenvalue weighted by atomic mass is 16.3. The highest BCUT2D eigenvalue weighted by Crippen LogP contribution is 2.65. The van der Waals surface area contributed by atoms with Gasteiger partial charge in [0.2, 0.25) is 0 Å². The van der Waals surface area contributed by atoms with Crippen molar-refractivity contribution >= 4 is 5.78 Å². The van der Waals surface area contributed by atoms with Crippen LogP contribution in [0, 0.1) is 28.6 Å². The van der Waals surface area contributed by atoms with Crippen LogP contribution in [0.15, 0.2) is 11.6 Å². The second-order valence-corrected chi connectivity index (χ2v) is 8.68. The van der Waals surface area contributed by atoms with Crippen molar-refractivity contribution in [1.82, 2.24) is 0 Å². The molecule has 0 unspecified atom stereocenters. The average molecular weight is 304 g/mol. The zero-order valence-electron chi connectivity index (χ0n) is 13.7. The molecule has 0 aliphatic heterocycles. The molecule has 0 spiro atoms. The van der Waals surface area contributed by atoms with Crippen LogP contribution in [0.5, 0.6) is 0 Å². The third-order valence-electron chi connectivity index (χ3n) is 8.02. The Bertz CT molecular complexity index is 539. The number of aliphatic hydroxyl groups excluding tert-OH is 2. The monoisotopic (exact) mass is 304 g/mol. The summed E-state index contributed by atoms with van der Waals surface area (Å²) >= 11 is 0. The molecule has 3 saturated carbocycles. The minimum Gasteiger partial charge on any atom is -0.392 e. The van der Waals surface area contributed by atoms with Gasteiger partial charge in [-0.1, -0.05) is 19.4 Å². The molecular weight excluding hydrogens is 276 g/mol. The summed E-state index contributed by atoms with van der Waals surface area (Å²) in [5.41, 5.74) is 1.11. The predicted octanol–water partition coefficient (Wildman–Crippen LogP) is 2.85. The van der Waals surface area contributed by atoms with Crippen molar-refractivity contribution < 1.29 is 15.0 Å². The Kier molecular flexibility index (Phi) is 3.16. The maximum Gasteiger partial charge on any atom is 0.155 e. The van der Waals surface area contributed by atoms with Gasteiger partial charge in [0.15, 0.2) is 5.78 Å². The molecule has 3 fully saturated rings. The Labute approximate surface area is 132 Å². The van der Waals surface area contributed by atoms with Crippen molar-refractivity contribution in [3.8, 4) is 0 Å². The van der Waals surface area contributed by atoms with Crippen molar-refractivity contribution in [2.45, 2.75) is 71.0 Å². The van der Waals surface area contributed by atoms with Crippen LogP contribution in [-0.4, -0.2) is 28.2 Å². The Hall–Kier alpha value is -0.670. The molecule has 122 valence electrons. The van der Waals surface area contributed by atoms with Crippen molar-refractivity contribution in [2.75, 3.05) is 0 Å². The molecule has 3 nitrogen and oxygen atoms in total. The molecule has 22 heavy (non-hydrogen) atoms. The third kappa shape index (κ3) is 1.73. The summed E-state index contributed by atoms with van der Waals surface area (Å²) in [5.74, 6) is 1.79. The third-order valence-corrected chi connectivity index (χ3v) is 8.02. The molecule has 3 heteroatoms. The molecule has 0 saturated heterocycles. The van der Waals surface area contributed by atoms with Gasteiger partial charge in [-0.05, 0) is 67.8 Å². The van der Waals surface area contributed by atoms with Crippen molar-refractivity contribution in [2.24, 2.45) is 28.6 Å². The van der Waals surface area contributed by atoms with Crippen LogP contribution in [0.25, 0.3) is 0 Å². The lowest BCUT2D eigenvalue weighted by molar-refractivity contribution is -0.150. The number of fused-ring (bicyclic) bond motifs is 5. The lowest BCUT2D eigenvalue weighted by atomic mass is 9.46. The molecule has 0 bridgehead atoms. The van der Waals surface area contributed by atoms with Gasteiger partial charge in [0.25, 0.3) is 0 Å². The SMILES string of the molecule is C[C@]12[C@H](O)C[C@H]3[C@@H](CCC4=CC(=O)CC[C@@]43C)[C@@H]1CC[C@@H]2O. The van der Waals surface area contributed by atoms with E-state index < -0.39 is 6.10 Å².